The number of amides is 1. The Labute approximate surface area is 195 Å². The Bertz CT molecular complexity index is 1280. The number of benzene rings is 3. The van der Waals surface area contributed by atoms with E-state index >= 15 is 0 Å². The molecule has 1 amide bonds. The average molecular weight is 493 g/mol. The lowest BCUT2D eigenvalue weighted by atomic mass is 10.1. The van der Waals surface area contributed by atoms with E-state index in [1.165, 1.54) is 18.2 Å². The Morgan fingerprint density at radius 1 is 1.00 bits per heavy atom. The van der Waals surface area contributed by atoms with E-state index in [-0.39, 0.29) is 11.3 Å². The van der Waals surface area contributed by atoms with Crippen LogP contribution in [-0.2, 0) is 21.2 Å². The molecule has 180 valence electrons. The summed E-state index contributed by atoms with van der Waals surface area (Å²) in [7, 11) is -4.19. The summed E-state index contributed by atoms with van der Waals surface area (Å²) >= 11 is 0. The van der Waals surface area contributed by atoms with Crippen LogP contribution >= 0.6 is 0 Å². The highest BCUT2D eigenvalue weighted by Gasteiger charge is 2.28. The third-order valence-electron chi connectivity index (χ3n) is 4.95. The third-order valence-corrected chi connectivity index (χ3v) is 6.42. The highest BCUT2D eigenvalue weighted by Crippen LogP contribution is 2.23. The molecule has 3 aromatic rings. The number of anilines is 1. The molecule has 0 heterocycles. The molecule has 0 aliphatic carbocycles. The summed E-state index contributed by atoms with van der Waals surface area (Å²) in [6, 6.07) is 12.9. The van der Waals surface area contributed by atoms with Gasteiger partial charge in [-0.3, -0.25) is 4.79 Å². The molecule has 0 saturated heterocycles. The van der Waals surface area contributed by atoms with E-state index in [4.69, 9.17) is 4.74 Å². The number of nitrogens with one attached hydrogen (secondary N) is 2. The van der Waals surface area contributed by atoms with E-state index in [0.29, 0.717) is 29.5 Å². The number of carbonyl (C=O) groups excluding carboxylic acids is 1. The summed E-state index contributed by atoms with van der Waals surface area (Å²) in [5.41, 5.74) is 0.592. The highest BCUT2D eigenvalue weighted by atomic mass is 32.2. The van der Waals surface area contributed by atoms with Crippen molar-refractivity contribution in [2.24, 2.45) is 0 Å². The number of ether oxygens (including phenoxy) is 1. The van der Waals surface area contributed by atoms with Crippen molar-refractivity contribution in [2.45, 2.75) is 31.2 Å². The van der Waals surface area contributed by atoms with Crippen molar-refractivity contribution < 1.29 is 31.1 Å². The van der Waals surface area contributed by atoms with E-state index < -0.39 is 45.1 Å². The molecule has 0 bridgehead atoms. The van der Waals surface area contributed by atoms with Gasteiger partial charge in [0.05, 0.1) is 17.2 Å². The van der Waals surface area contributed by atoms with Crippen LogP contribution in [0.5, 0.6) is 5.75 Å². The van der Waals surface area contributed by atoms with E-state index in [9.17, 15) is 26.4 Å². The Balaban J connectivity index is 1.90. The van der Waals surface area contributed by atoms with Gasteiger partial charge < -0.3 is 10.1 Å². The number of halogens is 3. The number of hydrogen-bond acceptors (Lipinski definition) is 4. The van der Waals surface area contributed by atoms with Crippen LogP contribution in [0.2, 0.25) is 0 Å². The minimum Gasteiger partial charge on any atom is -0.494 e. The van der Waals surface area contributed by atoms with Crippen LogP contribution in [0.1, 0.15) is 18.1 Å². The molecule has 34 heavy (non-hydrogen) atoms. The first-order valence-corrected chi connectivity index (χ1v) is 11.8. The molecule has 3 aromatic carbocycles. The molecule has 0 aliphatic heterocycles. The van der Waals surface area contributed by atoms with Crippen molar-refractivity contribution in [1.29, 1.82) is 0 Å². The Morgan fingerprint density at radius 3 is 2.35 bits per heavy atom. The van der Waals surface area contributed by atoms with E-state index in [0.717, 1.165) is 6.07 Å². The SMILES string of the molecule is CCOc1ccc(S(=O)(=O)N[C@@H](Cc2ccccc2)C(=O)Nc2ccc(F)c(F)c2F)cc1C. The minimum absolute atomic E-state index is 0.0762. The van der Waals surface area contributed by atoms with Crippen LogP contribution < -0.4 is 14.8 Å². The molecule has 6 nitrogen and oxygen atoms in total. The normalized spacial score (nSPS) is 12.3. The van der Waals surface area contributed by atoms with Gasteiger partial charge in [-0.2, -0.15) is 4.72 Å². The molecular formula is C24H23F3N2O4S. The maximum absolute atomic E-state index is 14.1. The average Bonchev–Trinajstić information content (AvgIpc) is 2.81. The van der Waals surface area contributed by atoms with Crippen LogP contribution in [0.25, 0.3) is 0 Å². The van der Waals surface area contributed by atoms with Gasteiger partial charge in [0.1, 0.15) is 11.8 Å². The lowest BCUT2D eigenvalue weighted by Crippen LogP contribution is -2.45. The fourth-order valence-electron chi connectivity index (χ4n) is 3.24. The fourth-order valence-corrected chi connectivity index (χ4v) is 4.52. The number of sulfonamides is 1. The number of hydrogen-bond donors (Lipinski definition) is 2. The standard InChI is InChI=1S/C24H23F3N2O4S/c1-3-33-21-12-9-17(13-15(21)2)34(31,32)29-20(14-16-7-5-4-6-8-16)24(30)28-19-11-10-18(25)22(26)23(19)27/h4-13,20,29H,3,14H2,1-2H3,(H,28,30)/t20-/m0/s1. The summed E-state index contributed by atoms with van der Waals surface area (Å²) < 4.78 is 74.8. The van der Waals surface area contributed by atoms with Crippen molar-refractivity contribution in [3.8, 4) is 5.75 Å². The second-order valence-corrected chi connectivity index (χ2v) is 9.15. The predicted octanol–water partition coefficient (Wildman–Crippen LogP) is 4.34. The summed E-state index contributed by atoms with van der Waals surface area (Å²) in [5, 5.41) is 2.14. The Hall–Kier alpha value is -3.37. The van der Waals surface area contributed by atoms with Gasteiger partial charge in [0.15, 0.2) is 17.5 Å². The highest BCUT2D eigenvalue weighted by molar-refractivity contribution is 7.89. The minimum atomic E-state index is -4.19. The van der Waals surface area contributed by atoms with Gasteiger partial charge in [-0.1, -0.05) is 30.3 Å². The molecule has 2 N–H and O–H groups in total. The Kier molecular flexibility index (Phi) is 7.95. The summed E-state index contributed by atoms with van der Waals surface area (Å²) in [5.74, 6) is -5.17. The lowest BCUT2D eigenvalue weighted by molar-refractivity contribution is -0.117. The lowest BCUT2D eigenvalue weighted by Gasteiger charge is -2.19. The number of rotatable bonds is 9. The van der Waals surface area contributed by atoms with Gasteiger partial charge in [0.25, 0.3) is 0 Å². The number of carbonyl (C=O) groups is 1. The summed E-state index contributed by atoms with van der Waals surface area (Å²) in [4.78, 5) is 12.8. The van der Waals surface area contributed by atoms with Crippen LogP contribution in [-0.4, -0.2) is 27.0 Å². The van der Waals surface area contributed by atoms with Gasteiger partial charge >= 0.3 is 0 Å². The maximum Gasteiger partial charge on any atom is 0.242 e. The molecule has 1 atom stereocenters. The largest absolute Gasteiger partial charge is 0.494 e. The first-order valence-electron chi connectivity index (χ1n) is 10.4. The van der Waals surface area contributed by atoms with Crippen LogP contribution in [0.4, 0.5) is 18.9 Å². The first-order chi connectivity index (χ1) is 16.1. The number of aryl methyl sites for hydroxylation is 1. The van der Waals surface area contributed by atoms with Crippen LogP contribution in [0.3, 0.4) is 0 Å². The second-order valence-electron chi connectivity index (χ2n) is 7.44. The van der Waals surface area contributed by atoms with Gasteiger partial charge in [0.2, 0.25) is 15.9 Å². The molecule has 0 spiro atoms. The van der Waals surface area contributed by atoms with E-state index in [1.807, 2.05) is 0 Å². The van der Waals surface area contributed by atoms with Gasteiger partial charge in [0, 0.05) is 0 Å². The van der Waals surface area contributed by atoms with Crippen molar-refractivity contribution >= 4 is 21.6 Å². The predicted molar refractivity (Wildman–Crippen MR) is 122 cm³/mol. The second kappa shape index (κ2) is 10.7. The summed E-state index contributed by atoms with van der Waals surface area (Å²) in [6.45, 7) is 3.89. The van der Waals surface area contributed by atoms with Gasteiger partial charge in [-0.15, -0.1) is 0 Å². The zero-order valence-electron chi connectivity index (χ0n) is 18.4. The zero-order chi connectivity index (χ0) is 24.9. The molecule has 0 saturated carbocycles. The first kappa shape index (κ1) is 25.3. The molecular weight excluding hydrogens is 469 g/mol. The third kappa shape index (κ3) is 5.95. The molecule has 0 fully saturated rings. The molecule has 0 aromatic heterocycles. The fraction of sp³-hybridized carbons (Fsp3) is 0.208. The van der Waals surface area contributed by atoms with Crippen LogP contribution in [0.15, 0.2) is 65.6 Å². The quantitative estimate of drug-likeness (QED) is 0.436. The van der Waals surface area contributed by atoms with Crippen molar-refractivity contribution in [1.82, 2.24) is 4.72 Å². The zero-order valence-corrected chi connectivity index (χ0v) is 19.3. The molecule has 0 radical (unpaired) electrons. The van der Waals surface area contributed by atoms with E-state index in [1.54, 1.807) is 44.2 Å². The van der Waals surface area contributed by atoms with Gasteiger partial charge in [-0.25, -0.2) is 21.6 Å². The molecule has 0 aliphatic rings. The molecule has 10 heteroatoms. The maximum atomic E-state index is 14.1. The topological polar surface area (TPSA) is 84.5 Å². The molecule has 0 unspecified atom stereocenters. The van der Waals surface area contributed by atoms with Gasteiger partial charge in [-0.05, 0) is 61.7 Å². The van der Waals surface area contributed by atoms with Crippen molar-refractivity contribution in [3.05, 3.63) is 89.2 Å². The monoisotopic (exact) mass is 492 g/mol. The smallest absolute Gasteiger partial charge is 0.242 e. The van der Waals surface area contributed by atoms with E-state index in [2.05, 4.69) is 10.0 Å². The van der Waals surface area contributed by atoms with Crippen molar-refractivity contribution in [3.63, 3.8) is 0 Å². The Morgan fingerprint density at radius 2 is 1.71 bits per heavy atom. The summed E-state index contributed by atoms with van der Waals surface area (Å²) in [6.07, 6.45) is -0.0762. The van der Waals surface area contributed by atoms with Crippen LogP contribution in [0, 0.1) is 24.4 Å². The molecule has 3 rings (SSSR count). The van der Waals surface area contributed by atoms with Crippen molar-refractivity contribution in [2.75, 3.05) is 11.9 Å².